The lowest BCUT2D eigenvalue weighted by Gasteiger charge is -2.21. The fraction of sp³-hybridized carbons (Fsp3) is 0.692. The minimum absolute atomic E-state index is 0.0378. The first-order valence-corrected chi connectivity index (χ1v) is 6.74. The van der Waals surface area contributed by atoms with E-state index in [4.69, 9.17) is 5.73 Å². The lowest BCUT2D eigenvalue weighted by atomic mass is 9.86. The summed E-state index contributed by atoms with van der Waals surface area (Å²) in [6.07, 6.45) is 9.67. The number of nitrogens with one attached hydrogen (secondary N) is 1. The van der Waals surface area contributed by atoms with E-state index >= 15 is 0 Å². The Balaban J connectivity index is 1.78. The van der Waals surface area contributed by atoms with Crippen LogP contribution in [0.2, 0.25) is 0 Å². The normalized spacial score (nSPS) is 16.7. The fourth-order valence-corrected chi connectivity index (χ4v) is 2.61. The molecular weight excluding hydrogens is 228 g/mol. The number of carbonyl (C=O) groups excluding carboxylic acids is 1. The molecule has 1 saturated carbocycles. The Morgan fingerprint density at radius 3 is 2.83 bits per heavy atom. The summed E-state index contributed by atoms with van der Waals surface area (Å²) in [6, 6.07) is 0. The molecular formula is C13H22N4O. The van der Waals surface area contributed by atoms with E-state index in [0.717, 1.165) is 12.3 Å². The van der Waals surface area contributed by atoms with Gasteiger partial charge in [-0.2, -0.15) is 5.10 Å². The van der Waals surface area contributed by atoms with Gasteiger partial charge >= 0.3 is 0 Å². The lowest BCUT2D eigenvalue weighted by molar-refractivity contribution is -0.116. The number of aromatic nitrogens is 2. The largest absolute Gasteiger partial charge is 0.394 e. The molecule has 0 radical (unpaired) electrons. The van der Waals surface area contributed by atoms with Crippen LogP contribution < -0.4 is 11.1 Å². The molecule has 1 aromatic heterocycles. The summed E-state index contributed by atoms with van der Waals surface area (Å²) in [7, 11) is 1.77. The summed E-state index contributed by atoms with van der Waals surface area (Å²) in [4.78, 5) is 11.8. The second-order valence-electron chi connectivity index (χ2n) is 5.16. The van der Waals surface area contributed by atoms with Crippen molar-refractivity contribution < 1.29 is 4.79 Å². The van der Waals surface area contributed by atoms with Gasteiger partial charge in [0.25, 0.3) is 0 Å². The van der Waals surface area contributed by atoms with E-state index in [2.05, 4.69) is 10.4 Å². The summed E-state index contributed by atoms with van der Waals surface area (Å²) >= 11 is 0. The molecule has 1 fully saturated rings. The first-order valence-electron chi connectivity index (χ1n) is 6.74. The van der Waals surface area contributed by atoms with Crippen LogP contribution in [-0.4, -0.2) is 15.7 Å². The Kier molecular flexibility index (Phi) is 4.23. The third-order valence-electron chi connectivity index (χ3n) is 3.73. The van der Waals surface area contributed by atoms with Crippen molar-refractivity contribution in [2.24, 2.45) is 13.0 Å². The summed E-state index contributed by atoms with van der Waals surface area (Å²) in [5, 5.41) is 6.83. The van der Waals surface area contributed by atoms with Gasteiger partial charge in [-0.15, -0.1) is 0 Å². The molecule has 2 rings (SSSR count). The zero-order valence-electron chi connectivity index (χ0n) is 11.0. The van der Waals surface area contributed by atoms with E-state index < -0.39 is 0 Å². The van der Waals surface area contributed by atoms with Crippen LogP contribution in [0.25, 0.3) is 0 Å². The molecule has 0 bridgehead atoms. The Morgan fingerprint density at radius 2 is 2.22 bits per heavy atom. The maximum atomic E-state index is 11.8. The average molecular weight is 250 g/mol. The van der Waals surface area contributed by atoms with E-state index in [1.54, 1.807) is 17.9 Å². The van der Waals surface area contributed by atoms with Crippen molar-refractivity contribution in [3.8, 4) is 0 Å². The van der Waals surface area contributed by atoms with Crippen LogP contribution in [0.3, 0.4) is 0 Å². The summed E-state index contributed by atoms with van der Waals surface area (Å²) in [6.45, 7) is 0. The SMILES string of the molecule is Cn1ncc(N)c1NC(=O)CCC1CCCCC1. The number of nitrogens with two attached hydrogens (primary N) is 1. The number of carbonyl (C=O) groups is 1. The van der Waals surface area contributed by atoms with Gasteiger partial charge in [0.05, 0.1) is 11.9 Å². The first-order chi connectivity index (χ1) is 8.66. The molecule has 1 amide bonds. The predicted octanol–water partition coefficient (Wildman–Crippen LogP) is 2.30. The van der Waals surface area contributed by atoms with Gasteiger partial charge in [-0.1, -0.05) is 32.1 Å². The number of amides is 1. The van der Waals surface area contributed by atoms with E-state index in [9.17, 15) is 4.79 Å². The van der Waals surface area contributed by atoms with Crippen molar-refractivity contribution in [1.82, 2.24) is 9.78 Å². The van der Waals surface area contributed by atoms with Gasteiger partial charge in [-0.3, -0.25) is 9.48 Å². The number of aryl methyl sites for hydroxylation is 1. The molecule has 5 heteroatoms. The van der Waals surface area contributed by atoms with E-state index in [1.807, 2.05) is 0 Å². The molecule has 1 heterocycles. The number of rotatable bonds is 4. The van der Waals surface area contributed by atoms with Gasteiger partial charge < -0.3 is 11.1 Å². The molecule has 5 nitrogen and oxygen atoms in total. The van der Waals surface area contributed by atoms with E-state index in [1.165, 1.54) is 32.1 Å². The van der Waals surface area contributed by atoms with Crippen LogP contribution in [0.5, 0.6) is 0 Å². The van der Waals surface area contributed by atoms with Crippen molar-refractivity contribution in [2.75, 3.05) is 11.1 Å². The number of nitrogen functional groups attached to an aromatic ring is 1. The van der Waals surface area contributed by atoms with Crippen LogP contribution in [-0.2, 0) is 11.8 Å². The molecule has 1 aliphatic rings. The molecule has 100 valence electrons. The highest BCUT2D eigenvalue weighted by Crippen LogP contribution is 2.27. The van der Waals surface area contributed by atoms with Crippen LogP contribution in [0.4, 0.5) is 11.5 Å². The third-order valence-corrected chi connectivity index (χ3v) is 3.73. The van der Waals surface area contributed by atoms with Gasteiger partial charge in [0, 0.05) is 13.5 Å². The highest BCUT2D eigenvalue weighted by atomic mass is 16.1. The average Bonchev–Trinajstić information content (AvgIpc) is 2.69. The second kappa shape index (κ2) is 5.89. The molecule has 1 aliphatic carbocycles. The molecule has 0 aliphatic heterocycles. The zero-order valence-corrected chi connectivity index (χ0v) is 11.0. The van der Waals surface area contributed by atoms with Crippen molar-refractivity contribution in [3.05, 3.63) is 6.20 Å². The summed E-state index contributed by atoms with van der Waals surface area (Å²) < 4.78 is 1.59. The summed E-state index contributed by atoms with van der Waals surface area (Å²) in [5.74, 6) is 1.37. The quantitative estimate of drug-likeness (QED) is 0.861. The summed E-state index contributed by atoms with van der Waals surface area (Å²) in [5.41, 5.74) is 6.25. The molecule has 0 atom stereocenters. The Bertz CT molecular complexity index is 388. The Hall–Kier alpha value is -1.52. The molecule has 3 N–H and O–H groups in total. The molecule has 0 aromatic carbocycles. The van der Waals surface area contributed by atoms with E-state index in [-0.39, 0.29) is 5.91 Å². The van der Waals surface area contributed by atoms with Crippen molar-refractivity contribution >= 4 is 17.4 Å². The van der Waals surface area contributed by atoms with E-state index in [0.29, 0.717) is 17.9 Å². The zero-order chi connectivity index (χ0) is 13.0. The van der Waals surface area contributed by atoms with Gasteiger partial charge in [-0.05, 0) is 12.3 Å². The molecule has 0 unspecified atom stereocenters. The lowest BCUT2D eigenvalue weighted by Crippen LogP contribution is -2.17. The highest BCUT2D eigenvalue weighted by Gasteiger charge is 2.16. The third kappa shape index (κ3) is 3.24. The Labute approximate surface area is 108 Å². The fourth-order valence-electron chi connectivity index (χ4n) is 2.61. The van der Waals surface area contributed by atoms with Crippen LogP contribution >= 0.6 is 0 Å². The molecule has 0 saturated heterocycles. The second-order valence-corrected chi connectivity index (χ2v) is 5.16. The molecule has 0 spiro atoms. The van der Waals surface area contributed by atoms with Gasteiger partial charge in [0.2, 0.25) is 5.91 Å². The smallest absolute Gasteiger partial charge is 0.225 e. The van der Waals surface area contributed by atoms with Crippen LogP contribution in [0.1, 0.15) is 44.9 Å². The maximum absolute atomic E-state index is 11.8. The van der Waals surface area contributed by atoms with Crippen molar-refractivity contribution in [2.45, 2.75) is 44.9 Å². The van der Waals surface area contributed by atoms with Crippen molar-refractivity contribution in [1.29, 1.82) is 0 Å². The van der Waals surface area contributed by atoms with Crippen LogP contribution in [0.15, 0.2) is 6.20 Å². The maximum Gasteiger partial charge on any atom is 0.225 e. The van der Waals surface area contributed by atoms with Gasteiger partial charge in [0.15, 0.2) is 5.82 Å². The Morgan fingerprint density at radius 1 is 1.50 bits per heavy atom. The first kappa shape index (κ1) is 12.9. The predicted molar refractivity (Wildman–Crippen MR) is 72.1 cm³/mol. The standard InChI is InChI=1S/C13H22N4O/c1-17-13(11(14)9-15-17)16-12(18)8-7-10-5-3-2-4-6-10/h9-10H,2-8,14H2,1H3,(H,16,18). The van der Waals surface area contributed by atoms with Crippen LogP contribution in [0, 0.1) is 5.92 Å². The minimum Gasteiger partial charge on any atom is -0.394 e. The topological polar surface area (TPSA) is 72.9 Å². The molecule has 1 aromatic rings. The number of anilines is 2. The number of hydrogen-bond donors (Lipinski definition) is 2. The van der Waals surface area contributed by atoms with Gasteiger partial charge in [-0.25, -0.2) is 0 Å². The molecule has 18 heavy (non-hydrogen) atoms. The van der Waals surface area contributed by atoms with Crippen molar-refractivity contribution in [3.63, 3.8) is 0 Å². The highest BCUT2D eigenvalue weighted by molar-refractivity contribution is 5.92. The number of hydrogen-bond acceptors (Lipinski definition) is 3. The monoisotopic (exact) mass is 250 g/mol. The minimum atomic E-state index is 0.0378. The number of nitrogens with zero attached hydrogens (tertiary/aromatic N) is 2. The van der Waals surface area contributed by atoms with Gasteiger partial charge in [0.1, 0.15) is 0 Å².